The summed E-state index contributed by atoms with van der Waals surface area (Å²) in [6.07, 6.45) is 4.15. The van der Waals surface area contributed by atoms with E-state index in [-0.39, 0.29) is 5.82 Å². The Kier molecular flexibility index (Phi) is 4.59. The fourth-order valence-electron chi connectivity index (χ4n) is 2.65. The van der Waals surface area contributed by atoms with Gasteiger partial charge in [0.1, 0.15) is 5.76 Å². The number of oxazole rings is 1. The van der Waals surface area contributed by atoms with Gasteiger partial charge in [0.15, 0.2) is 11.6 Å². The molecule has 0 radical (unpaired) electrons. The monoisotopic (exact) mass is 324 g/mol. The summed E-state index contributed by atoms with van der Waals surface area (Å²) in [6.45, 7) is 5.78. The number of halogens is 2. The third-order valence-corrected chi connectivity index (χ3v) is 3.91. The first-order chi connectivity index (χ1) is 10.6. The van der Waals surface area contributed by atoms with E-state index >= 15 is 0 Å². The molecular formula is C15H18ClFN4O. The van der Waals surface area contributed by atoms with E-state index in [4.69, 9.17) is 16.0 Å². The van der Waals surface area contributed by atoms with Gasteiger partial charge in [-0.3, -0.25) is 4.90 Å². The lowest BCUT2D eigenvalue weighted by atomic mass is 10.3. The van der Waals surface area contributed by atoms with Crippen molar-refractivity contribution in [3.63, 3.8) is 0 Å². The van der Waals surface area contributed by atoms with Crippen LogP contribution in [0, 0.1) is 12.7 Å². The molecule has 1 aliphatic rings. The summed E-state index contributed by atoms with van der Waals surface area (Å²) >= 11 is 5.76. The van der Waals surface area contributed by atoms with E-state index in [1.54, 1.807) is 6.20 Å². The third-order valence-electron chi connectivity index (χ3n) is 3.70. The molecule has 0 N–H and O–H groups in total. The van der Waals surface area contributed by atoms with Gasteiger partial charge in [-0.1, -0.05) is 11.6 Å². The van der Waals surface area contributed by atoms with Crippen molar-refractivity contribution in [3.05, 3.63) is 41.0 Å². The minimum Gasteiger partial charge on any atom is -0.445 e. The van der Waals surface area contributed by atoms with Crippen LogP contribution in [-0.4, -0.2) is 41.0 Å². The Hall–Kier alpha value is -1.66. The van der Waals surface area contributed by atoms with Gasteiger partial charge >= 0.3 is 0 Å². The lowest BCUT2D eigenvalue weighted by molar-refractivity contribution is 0.253. The van der Waals surface area contributed by atoms with Gasteiger partial charge in [0.25, 0.3) is 0 Å². The van der Waals surface area contributed by atoms with E-state index in [0.29, 0.717) is 23.9 Å². The van der Waals surface area contributed by atoms with Crippen LogP contribution in [0.5, 0.6) is 0 Å². The highest BCUT2D eigenvalue weighted by atomic mass is 35.5. The topological polar surface area (TPSA) is 45.4 Å². The largest absolute Gasteiger partial charge is 0.445 e. The van der Waals surface area contributed by atoms with E-state index in [1.807, 2.05) is 11.8 Å². The Morgan fingerprint density at radius 3 is 2.82 bits per heavy atom. The fraction of sp³-hybridized carbons (Fsp3) is 0.467. The molecule has 0 aromatic carbocycles. The maximum Gasteiger partial charge on any atom is 0.208 e. The van der Waals surface area contributed by atoms with E-state index < -0.39 is 0 Å². The van der Waals surface area contributed by atoms with Gasteiger partial charge < -0.3 is 9.32 Å². The summed E-state index contributed by atoms with van der Waals surface area (Å²) in [5.41, 5.74) is 0. The minimum absolute atomic E-state index is 0.317. The summed E-state index contributed by atoms with van der Waals surface area (Å²) in [5.74, 6) is 1.54. The maximum absolute atomic E-state index is 14.0. The zero-order valence-electron chi connectivity index (χ0n) is 12.4. The molecule has 3 rings (SSSR count). The molecule has 118 valence electrons. The van der Waals surface area contributed by atoms with Crippen molar-refractivity contribution in [1.82, 2.24) is 14.9 Å². The zero-order chi connectivity index (χ0) is 15.5. The molecule has 7 heteroatoms. The number of rotatable bonds is 3. The molecule has 1 aliphatic heterocycles. The first-order valence-electron chi connectivity index (χ1n) is 7.31. The van der Waals surface area contributed by atoms with Gasteiger partial charge in [0.05, 0.1) is 17.8 Å². The van der Waals surface area contributed by atoms with Crippen LogP contribution in [0.3, 0.4) is 0 Å². The standard InChI is InChI=1S/C15H18ClFN4O/c1-11-8-18-14(22-11)10-20-3-2-4-21(6-5-20)15-13(17)7-12(16)9-19-15/h7-9H,2-6,10H2,1H3. The average Bonchev–Trinajstić information content (AvgIpc) is 2.74. The van der Waals surface area contributed by atoms with Crippen LogP contribution >= 0.6 is 11.6 Å². The summed E-state index contributed by atoms with van der Waals surface area (Å²) in [6, 6.07) is 1.31. The Balaban J connectivity index is 1.64. The number of hydrogen-bond acceptors (Lipinski definition) is 5. The summed E-state index contributed by atoms with van der Waals surface area (Å²) < 4.78 is 19.5. The highest BCUT2D eigenvalue weighted by molar-refractivity contribution is 6.30. The zero-order valence-corrected chi connectivity index (χ0v) is 13.2. The Morgan fingerprint density at radius 2 is 2.09 bits per heavy atom. The van der Waals surface area contributed by atoms with Gasteiger partial charge in [0, 0.05) is 32.4 Å². The highest BCUT2D eigenvalue weighted by Crippen LogP contribution is 2.21. The van der Waals surface area contributed by atoms with Gasteiger partial charge in [-0.2, -0.15) is 0 Å². The Morgan fingerprint density at radius 1 is 1.23 bits per heavy atom. The lowest BCUT2D eigenvalue weighted by Gasteiger charge is -2.22. The molecule has 0 amide bonds. The number of anilines is 1. The van der Waals surface area contributed by atoms with Crippen LogP contribution in [0.25, 0.3) is 0 Å². The molecule has 0 saturated carbocycles. The van der Waals surface area contributed by atoms with Crippen LogP contribution < -0.4 is 4.90 Å². The predicted molar refractivity (Wildman–Crippen MR) is 82.6 cm³/mol. The first-order valence-corrected chi connectivity index (χ1v) is 7.69. The van der Waals surface area contributed by atoms with Gasteiger partial charge in [-0.15, -0.1) is 0 Å². The van der Waals surface area contributed by atoms with E-state index in [2.05, 4.69) is 14.9 Å². The second-order valence-electron chi connectivity index (χ2n) is 5.44. The molecule has 0 atom stereocenters. The van der Waals surface area contributed by atoms with Crippen LogP contribution in [0.15, 0.2) is 22.9 Å². The van der Waals surface area contributed by atoms with Crippen molar-refractivity contribution in [1.29, 1.82) is 0 Å². The molecule has 0 spiro atoms. The van der Waals surface area contributed by atoms with Crippen LogP contribution in [0.2, 0.25) is 5.02 Å². The molecule has 3 heterocycles. The van der Waals surface area contributed by atoms with Crippen molar-refractivity contribution in [2.45, 2.75) is 19.9 Å². The van der Waals surface area contributed by atoms with Crippen LogP contribution in [0.1, 0.15) is 18.1 Å². The van der Waals surface area contributed by atoms with Crippen molar-refractivity contribution < 1.29 is 8.81 Å². The van der Waals surface area contributed by atoms with E-state index in [1.165, 1.54) is 12.3 Å². The van der Waals surface area contributed by atoms with Crippen molar-refractivity contribution in [3.8, 4) is 0 Å². The van der Waals surface area contributed by atoms with Crippen molar-refractivity contribution in [2.24, 2.45) is 0 Å². The average molecular weight is 325 g/mol. The summed E-state index contributed by atoms with van der Waals surface area (Å²) in [5, 5.41) is 0.317. The molecule has 2 aromatic heterocycles. The Labute approximate surface area is 133 Å². The van der Waals surface area contributed by atoms with Gasteiger partial charge in [0.2, 0.25) is 5.89 Å². The maximum atomic E-state index is 14.0. The SMILES string of the molecule is Cc1cnc(CN2CCCN(c3ncc(Cl)cc3F)CC2)o1. The smallest absolute Gasteiger partial charge is 0.208 e. The number of pyridine rings is 1. The molecule has 1 fully saturated rings. The second-order valence-corrected chi connectivity index (χ2v) is 5.88. The van der Waals surface area contributed by atoms with Gasteiger partial charge in [-0.05, 0) is 19.4 Å². The molecular weight excluding hydrogens is 307 g/mol. The Bertz CT molecular complexity index is 648. The summed E-state index contributed by atoms with van der Waals surface area (Å²) in [4.78, 5) is 12.6. The minimum atomic E-state index is -0.371. The quantitative estimate of drug-likeness (QED) is 0.868. The number of aryl methyl sites for hydroxylation is 1. The third kappa shape index (κ3) is 3.56. The second kappa shape index (κ2) is 6.62. The number of nitrogens with zero attached hydrogens (tertiary/aromatic N) is 4. The van der Waals surface area contributed by atoms with Crippen molar-refractivity contribution >= 4 is 17.4 Å². The van der Waals surface area contributed by atoms with E-state index in [0.717, 1.165) is 37.7 Å². The first kappa shape index (κ1) is 15.2. The molecule has 1 saturated heterocycles. The van der Waals surface area contributed by atoms with Gasteiger partial charge in [-0.25, -0.2) is 14.4 Å². The number of aromatic nitrogens is 2. The van der Waals surface area contributed by atoms with Crippen LogP contribution in [0.4, 0.5) is 10.2 Å². The highest BCUT2D eigenvalue weighted by Gasteiger charge is 2.20. The van der Waals surface area contributed by atoms with E-state index in [9.17, 15) is 4.39 Å². The fourth-order valence-corrected chi connectivity index (χ4v) is 2.79. The lowest BCUT2D eigenvalue weighted by Crippen LogP contribution is -2.31. The predicted octanol–water partition coefficient (Wildman–Crippen LogP) is 2.88. The molecule has 0 bridgehead atoms. The molecule has 5 nitrogen and oxygen atoms in total. The molecule has 2 aromatic rings. The number of hydrogen-bond donors (Lipinski definition) is 0. The summed E-state index contributed by atoms with van der Waals surface area (Å²) in [7, 11) is 0. The normalized spacial score (nSPS) is 16.8. The van der Waals surface area contributed by atoms with Crippen LogP contribution in [-0.2, 0) is 6.54 Å². The van der Waals surface area contributed by atoms with Crippen molar-refractivity contribution in [2.75, 3.05) is 31.1 Å². The molecule has 22 heavy (non-hydrogen) atoms. The molecule has 0 unspecified atom stereocenters. The molecule has 0 aliphatic carbocycles.